The van der Waals surface area contributed by atoms with E-state index in [0.29, 0.717) is 0 Å². The molecule has 0 aliphatic heterocycles. The number of unbranched alkanes of at least 4 members (excludes halogenated alkanes) is 2. The SMILES string of the molecule is CCCCCC(O)/C=C/C=C/C=C\C(C)O. The molecule has 2 atom stereocenters. The van der Waals surface area contributed by atoms with Crippen molar-refractivity contribution >= 4 is 0 Å². The van der Waals surface area contributed by atoms with Gasteiger partial charge in [0.05, 0.1) is 12.2 Å². The summed E-state index contributed by atoms with van der Waals surface area (Å²) in [6.45, 7) is 3.86. The van der Waals surface area contributed by atoms with Crippen LogP contribution in [-0.4, -0.2) is 22.4 Å². The first-order valence-corrected chi connectivity index (χ1v) is 6.04. The number of rotatable bonds is 8. The third-order valence-corrected chi connectivity index (χ3v) is 2.16. The van der Waals surface area contributed by atoms with Gasteiger partial charge in [-0.3, -0.25) is 0 Å². The molecule has 0 rings (SSSR count). The van der Waals surface area contributed by atoms with E-state index < -0.39 is 6.10 Å². The van der Waals surface area contributed by atoms with Gasteiger partial charge in [0.15, 0.2) is 0 Å². The molecular formula is C14H24O2. The van der Waals surface area contributed by atoms with Gasteiger partial charge in [-0.25, -0.2) is 0 Å². The van der Waals surface area contributed by atoms with Gasteiger partial charge in [0.25, 0.3) is 0 Å². The van der Waals surface area contributed by atoms with Gasteiger partial charge in [-0.1, -0.05) is 62.6 Å². The standard InChI is InChI=1S/C14H24O2/c1-3-4-7-11-14(16)12-9-6-5-8-10-13(2)15/h5-6,8-10,12-16H,3-4,7,11H2,1-2H3/b6-5+,10-8-,12-9+. The highest BCUT2D eigenvalue weighted by Crippen LogP contribution is 2.04. The van der Waals surface area contributed by atoms with Crippen LogP contribution in [0, 0.1) is 0 Å². The maximum absolute atomic E-state index is 9.54. The lowest BCUT2D eigenvalue weighted by atomic mass is 10.1. The van der Waals surface area contributed by atoms with Crippen molar-refractivity contribution in [3.05, 3.63) is 36.5 Å². The van der Waals surface area contributed by atoms with Crippen LogP contribution in [0.3, 0.4) is 0 Å². The molecular weight excluding hydrogens is 200 g/mol. The fourth-order valence-corrected chi connectivity index (χ4v) is 1.25. The average Bonchev–Trinajstić information content (AvgIpc) is 2.23. The summed E-state index contributed by atoms with van der Waals surface area (Å²) in [5.74, 6) is 0. The van der Waals surface area contributed by atoms with E-state index in [9.17, 15) is 5.11 Å². The van der Waals surface area contributed by atoms with E-state index in [-0.39, 0.29) is 6.10 Å². The van der Waals surface area contributed by atoms with E-state index in [4.69, 9.17) is 5.11 Å². The minimum Gasteiger partial charge on any atom is -0.389 e. The second-order valence-electron chi connectivity index (χ2n) is 3.96. The minimum atomic E-state index is -0.409. The van der Waals surface area contributed by atoms with Crippen LogP contribution in [0.2, 0.25) is 0 Å². The lowest BCUT2D eigenvalue weighted by molar-refractivity contribution is 0.208. The fourth-order valence-electron chi connectivity index (χ4n) is 1.25. The number of aliphatic hydroxyl groups excluding tert-OH is 2. The molecule has 0 fully saturated rings. The third-order valence-electron chi connectivity index (χ3n) is 2.16. The molecule has 2 nitrogen and oxygen atoms in total. The molecule has 0 aliphatic rings. The summed E-state index contributed by atoms with van der Waals surface area (Å²) in [5, 5.41) is 18.5. The zero-order valence-electron chi connectivity index (χ0n) is 10.3. The largest absolute Gasteiger partial charge is 0.389 e. The van der Waals surface area contributed by atoms with Crippen LogP contribution in [-0.2, 0) is 0 Å². The number of allylic oxidation sites excluding steroid dienone is 4. The fraction of sp³-hybridized carbons (Fsp3) is 0.571. The Hall–Kier alpha value is -0.860. The van der Waals surface area contributed by atoms with E-state index in [1.807, 2.05) is 18.2 Å². The Kier molecular flexibility index (Phi) is 10.1. The number of aliphatic hydroxyl groups is 2. The van der Waals surface area contributed by atoms with Crippen LogP contribution >= 0.6 is 0 Å². The molecule has 0 aromatic rings. The smallest absolute Gasteiger partial charge is 0.0723 e. The van der Waals surface area contributed by atoms with Gasteiger partial charge in [0.1, 0.15) is 0 Å². The zero-order valence-corrected chi connectivity index (χ0v) is 10.3. The Labute approximate surface area is 99.0 Å². The molecule has 0 saturated heterocycles. The van der Waals surface area contributed by atoms with E-state index in [1.54, 1.807) is 25.2 Å². The van der Waals surface area contributed by atoms with Crippen molar-refractivity contribution < 1.29 is 10.2 Å². The number of hydrogen-bond donors (Lipinski definition) is 2. The Bertz CT molecular complexity index is 227. The van der Waals surface area contributed by atoms with Crippen molar-refractivity contribution in [1.29, 1.82) is 0 Å². The van der Waals surface area contributed by atoms with Gasteiger partial charge in [0, 0.05) is 0 Å². The first kappa shape index (κ1) is 15.1. The molecule has 0 saturated carbocycles. The molecule has 92 valence electrons. The summed E-state index contributed by atoms with van der Waals surface area (Å²) in [7, 11) is 0. The van der Waals surface area contributed by atoms with Crippen molar-refractivity contribution in [2.75, 3.05) is 0 Å². The lowest BCUT2D eigenvalue weighted by Crippen LogP contribution is -2.00. The molecule has 2 heteroatoms. The van der Waals surface area contributed by atoms with Crippen LogP contribution < -0.4 is 0 Å². The Morgan fingerprint density at radius 1 is 0.938 bits per heavy atom. The molecule has 2 unspecified atom stereocenters. The van der Waals surface area contributed by atoms with Crippen LogP contribution in [0.1, 0.15) is 39.5 Å². The molecule has 0 radical (unpaired) electrons. The highest BCUT2D eigenvalue weighted by Gasteiger charge is 1.96. The summed E-state index contributed by atoms with van der Waals surface area (Å²) < 4.78 is 0. The molecule has 0 spiro atoms. The van der Waals surface area contributed by atoms with Crippen LogP contribution in [0.25, 0.3) is 0 Å². The lowest BCUT2D eigenvalue weighted by Gasteiger charge is -2.02. The highest BCUT2D eigenvalue weighted by atomic mass is 16.3. The molecule has 0 aliphatic carbocycles. The normalized spacial score (nSPS) is 16.5. The first-order chi connectivity index (χ1) is 7.66. The predicted octanol–water partition coefficient (Wildman–Crippen LogP) is 2.98. The predicted molar refractivity (Wildman–Crippen MR) is 69.2 cm³/mol. The summed E-state index contributed by atoms with van der Waals surface area (Å²) in [5.41, 5.74) is 0. The van der Waals surface area contributed by atoms with Crippen LogP contribution in [0.5, 0.6) is 0 Å². The highest BCUT2D eigenvalue weighted by molar-refractivity contribution is 5.12. The van der Waals surface area contributed by atoms with Gasteiger partial charge in [0.2, 0.25) is 0 Å². The van der Waals surface area contributed by atoms with Gasteiger partial charge in [-0.05, 0) is 13.3 Å². The van der Waals surface area contributed by atoms with Crippen molar-refractivity contribution in [2.24, 2.45) is 0 Å². The molecule has 0 aromatic heterocycles. The van der Waals surface area contributed by atoms with Gasteiger partial charge < -0.3 is 10.2 Å². The molecule has 0 bridgehead atoms. The molecule has 0 aromatic carbocycles. The monoisotopic (exact) mass is 224 g/mol. The zero-order chi connectivity index (χ0) is 12.2. The third kappa shape index (κ3) is 11.2. The Morgan fingerprint density at radius 3 is 2.12 bits per heavy atom. The second-order valence-corrected chi connectivity index (χ2v) is 3.96. The van der Waals surface area contributed by atoms with Crippen molar-refractivity contribution in [3.8, 4) is 0 Å². The maximum atomic E-state index is 9.54. The molecule has 2 N–H and O–H groups in total. The average molecular weight is 224 g/mol. The Morgan fingerprint density at radius 2 is 1.56 bits per heavy atom. The van der Waals surface area contributed by atoms with Crippen molar-refractivity contribution in [1.82, 2.24) is 0 Å². The van der Waals surface area contributed by atoms with Crippen LogP contribution in [0.15, 0.2) is 36.5 Å². The molecule has 0 amide bonds. The van der Waals surface area contributed by atoms with E-state index in [2.05, 4.69) is 6.92 Å². The Balaban J connectivity index is 3.65. The van der Waals surface area contributed by atoms with E-state index in [0.717, 1.165) is 12.8 Å². The van der Waals surface area contributed by atoms with E-state index in [1.165, 1.54) is 12.8 Å². The topological polar surface area (TPSA) is 40.5 Å². The van der Waals surface area contributed by atoms with E-state index >= 15 is 0 Å². The molecule has 0 heterocycles. The second kappa shape index (κ2) is 10.7. The summed E-state index contributed by atoms with van der Waals surface area (Å²) >= 11 is 0. The number of hydrogen-bond acceptors (Lipinski definition) is 2. The van der Waals surface area contributed by atoms with Gasteiger partial charge in [-0.15, -0.1) is 0 Å². The van der Waals surface area contributed by atoms with Gasteiger partial charge in [-0.2, -0.15) is 0 Å². The summed E-state index contributed by atoms with van der Waals surface area (Å²) in [6, 6.07) is 0. The van der Waals surface area contributed by atoms with Crippen molar-refractivity contribution in [3.63, 3.8) is 0 Å². The summed E-state index contributed by atoms with van der Waals surface area (Å²) in [6.07, 6.45) is 14.3. The summed E-state index contributed by atoms with van der Waals surface area (Å²) in [4.78, 5) is 0. The van der Waals surface area contributed by atoms with Gasteiger partial charge >= 0.3 is 0 Å². The first-order valence-electron chi connectivity index (χ1n) is 6.04. The van der Waals surface area contributed by atoms with Crippen LogP contribution in [0.4, 0.5) is 0 Å². The molecule has 16 heavy (non-hydrogen) atoms. The van der Waals surface area contributed by atoms with Crippen molar-refractivity contribution in [2.45, 2.75) is 51.7 Å². The quantitative estimate of drug-likeness (QED) is 0.491. The minimum absolute atomic E-state index is 0.336. The maximum Gasteiger partial charge on any atom is 0.0723 e.